The molecular weight excluding hydrogens is 480 g/mol. The van der Waals surface area contributed by atoms with Crippen molar-refractivity contribution in [3.63, 3.8) is 0 Å². The lowest BCUT2D eigenvalue weighted by molar-refractivity contribution is 0.253. The van der Waals surface area contributed by atoms with Crippen LogP contribution in [0.3, 0.4) is 0 Å². The molecular formula is C33H30N6. The van der Waals surface area contributed by atoms with Crippen LogP contribution in [0.2, 0.25) is 0 Å². The van der Waals surface area contributed by atoms with Gasteiger partial charge in [0.15, 0.2) is 11.5 Å². The molecule has 0 aliphatic heterocycles. The fourth-order valence-corrected chi connectivity index (χ4v) is 5.54. The van der Waals surface area contributed by atoms with Crippen LogP contribution in [0.4, 0.5) is 0 Å². The van der Waals surface area contributed by atoms with Gasteiger partial charge in [-0.1, -0.05) is 84.9 Å². The Labute approximate surface area is 227 Å². The summed E-state index contributed by atoms with van der Waals surface area (Å²) in [4.78, 5) is 5.18. The molecule has 0 radical (unpaired) electrons. The molecule has 3 aromatic heterocycles. The lowest BCUT2D eigenvalue weighted by Crippen LogP contribution is -2.43. The molecule has 39 heavy (non-hydrogen) atoms. The fourth-order valence-electron chi connectivity index (χ4n) is 5.54. The van der Waals surface area contributed by atoms with E-state index in [2.05, 4.69) is 105 Å². The molecule has 0 unspecified atom stereocenters. The topological polar surface area (TPSA) is 81.1 Å². The summed E-state index contributed by atoms with van der Waals surface area (Å²) in [6.07, 6.45) is 5.32. The predicted molar refractivity (Wildman–Crippen MR) is 156 cm³/mol. The molecule has 3 N–H and O–H groups in total. The van der Waals surface area contributed by atoms with Crippen LogP contribution in [-0.2, 0) is 18.6 Å². The highest BCUT2D eigenvalue weighted by molar-refractivity contribution is 5.98. The van der Waals surface area contributed by atoms with E-state index in [4.69, 9.17) is 10.7 Å². The third-order valence-corrected chi connectivity index (χ3v) is 7.96. The Morgan fingerprint density at radius 2 is 1.54 bits per heavy atom. The summed E-state index contributed by atoms with van der Waals surface area (Å²) in [5, 5.41) is 13.6. The van der Waals surface area contributed by atoms with Crippen molar-refractivity contribution in [1.29, 1.82) is 0 Å². The summed E-state index contributed by atoms with van der Waals surface area (Å²) in [5.41, 5.74) is 14.8. The first kappa shape index (κ1) is 23.7. The third kappa shape index (κ3) is 4.38. The number of nitrogens with zero attached hydrogens (tertiary/aromatic N) is 4. The number of rotatable bonds is 7. The van der Waals surface area contributed by atoms with Crippen molar-refractivity contribution in [2.24, 2.45) is 5.73 Å². The van der Waals surface area contributed by atoms with Gasteiger partial charge in [-0.3, -0.25) is 4.40 Å². The van der Waals surface area contributed by atoms with Crippen LogP contribution in [0, 0.1) is 0 Å². The number of nitrogens with one attached hydrogen (secondary N) is 1. The number of hydrogen-bond donors (Lipinski definition) is 2. The van der Waals surface area contributed by atoms with Crippen LogP contribution >= 0.6 is 0 Å². The minimum absolute atomic E-state index is 0.176. The molecule has 1 aliphatic carbocycles. The summed E-state index contributed by atoms with van der Waals surface area (Å²) >= 11 is 0. The van der Waals surface area contributed by atoms with E-state index in [1.54, 1.807) is 0 Å². The van der Waals surface area contributed by atoms with Gasteiger partial charge in [0, 0.05) is 34.8 Å². The first-order valence-corrected chi connectivity index (χ1v) is 13.6. The van der Waals surface area contributed by atoms with E-state index in [1.165, 1.54) is 17.5 Å². The molecule has 0 spiro atoms. The second-order valence-electron chi connectivity index (χ2n) is 10.5. The van der Waals surface area contributed by atoms with E-state index in [0.29, 0.717) is 6.54 Å². The minimum Gasteiger partial charge on any atom is -0.321 e. The van der Waals surface area contributed by atoms with Gasteiger partial charge in [0.2, 0.25) is 0 Å². The lowest BCUT2D eigenvalue weighted by Gasteiger charge is -2.38. The molecule has 0 saturated heterocycles. The van der Waals surface area contributed by atoms with Crippen molar-refractivity contribution in [2.75, 3.05) is 0 Å². The Morgan fingerprint density at radius 1 is 0.795 bits per heavy atom. The molecule has 6 nitrogen and oxygen atoms in total. The minimum atomic E-state index is -0.176. The molecule has 6 heteroatoms. The average molecular weight is 511 g/mol. The Hall–Kier alpha value is -4.39. The van der Waals surface area contributed by atoms with Crippen LogP contribution < -0.4 is 11.1 Å². The number of hydrogen-bond acceptors (Lipinski definition) is 5. The van der Waals surface area contributed by atoms with Gasteiger partial charge in [0.05, 0.1) is 17.8 Å². The zero-order valence-electron chi connectivity index (χ0n) is 21.7. The Kier molecular flexibility index (Phi) is 5.91. The van der Waals surface area contributed by atoms with E-state index >= 15 is 0 Å². The molecule has 1 saturated carbocycles. The van der Waals surface area contributed by atoms with Crippen LogP contribution in [0.15, 0.2) is 103 Å². The van der Waals surface area contributed by atoms with Crippen molar-refractivity contribution < 1.29 is 0 Å². The van der Waals surface area contributed by atoms with Crippen LogP contribution in [-0.4, -0.2) is 19.6 Å². The summed E-state index contributed by atoms with van der Waals surface area (Å²) in [6, 6.07) is 33.7. The maximum Gasteiger partial charge on any atom is 0.170 e. The molecule has 0 bridgehead atoms. The SMILES string of the molecule is NC1(c2ccc(-c3nc4ccn5c(CNCc6ccccc6)nnc5c4cc3-c3ccccc3)cc2)CCC1. The Bertz CT molecular complexity index is 1750. The number of nitrogens with two attached hydrogens (primary N) is 1. The molecule has 6 aromatic rings. The Balaban J connectivity index is 1.28. The van der Waals surface area contributed by atoms with Crippen LogP contribution in [0.5, 0.6) is 0 Å². The second kappa shape index (κ2) is 9.73. The van der Waals surface area contributed by atoms with E-state index in [-0.39, 0.29) is 5.54 Å². The maximum absolute atomic E-state index is 6.59. The van der Waals surface area contributed by atoms with Gasteiger partial charge < -0.3 is 11.1 Å². The van der Waals surface area contributed by atoms with Gasteiger partial charge in [0.25, 0.3) is 0 Å². The normalized spacial score (nSPS) is 14.5. The van der Waals surface area contributed by atoms with Crippen molar-refractivity contribution in [1.82, 2.24) is 24.9 Å². The third-order valence-electron chi connectivity index (χ3n) is 7.96. The van der Waals surface area contributed by atoms with Gasteiger partial charge >= 0.3 is 0 Å². The van der Waals surface area contributed by atoms with Crippen molar-refractivity contribution in [3.8, 4) is 22.4 Å². The monoisotopic (exact) mass is 510 g/mol. The number of aromatic nitrogens is 4. The van der Waals surface area contributed by atoms with Gasteiger partial charge in [-0.25, -0.2) is 4.98 Å². The fraction of sp³-hybridized carbons (Fsp3) is 0.182. The highest BCUT2D eigenvalue weighted by atomic mass is 15.3. The van der Waals surface area contributed by atoms with Crippen LogP contribution in [0.25, 0.3) is 38.9 Å². The first-order valence-electron chi connectivity index (χ1n) is 13.6. The van der Waals surface area contributed by atoms with Gasteiger partial charge in [-0.15, -0.1) is 10.2 Å². The number of fused-ring (bicyclic) bond motifs is 3. The largest absolute Gasteiger partial charge is 0.321 e. The van der Waals surface area contributed by atoms with Crippen molar-refractivity contribution in [3.05, 3.63) is 120 Å². The smallest absolute Gasteiger partial charge is 0.170 e. The van der Waals surface area contributed by atoms with E-state index in [9.17, 15) is 0 Å². The van der Waals surface area contributed by atoms with Gasteiger partial charge in [0.1, 0.15) is 0 Å². The van der Waals surface area contributed by atoms with Crippen LogP contribution in [0.1, 0.15) is 36.2 Å². The molecule has 0 atom stereocenters. The Morgan fingerprint density at radius 3 is 2.26 bits per heavy atom. The lowest BCUT2D eigenvalue weighted by atomic mass is 9.72. The van der Waals surface area contributed by atoms with Crippen molar-refractivity contribution in [2.45, 2.75) is 37.9 Å². The average Bonchev–Trinajstić information content (AvgIpc) is 3.40. The molecule has 1 fully saturated rings. The van der Waals surface area contributed by atoms with E-state index in [1.807, 2.05) is 18.3 Å². The molecule has 3 aromatic carbocycles. The standard InChI is InChI=1S/C33H30N6/c34-33(17-7-18-33)26-14-12-25(13-15-26)31-27(24-10-5-2-6-11-24)20-28-29(36-31)16-19-39-30(37-38-32(28)39)22-35-21-23-8-3-1-4-9-23/h1-6,8-16,19-20,35H,7,17-18,21-22,34H2. The molecule has 7 rings (SSSR count). The van der Waals surface area contributed by atoms with E-state index in [0.717, 1.165) is 64.1 Å². The summed E-state index contributed by atoms with van der Waals surface area (Å²) in [5.74, 6) is 0.871. The summed E-state index contributed by atoms with van der Waals surface area (Å²) < 4.78 is 2.06. The highest BCUT2D eigenvalue weighted by Crippen LogP contribution is 2.40. The number of pyridine rings is 2. The van der Waals surface area contributed by atoms with E-state index < -0.39 is 0 Å². The second-order valence-corrected chi connectivity index (χ2v) is 10.5. The molecule has 3 heterocycles. The molecule has 1 aliphatic rings. The first-order chi connectivity index (χ1) is 19.2. The maximum atomic E-state index is 6.59. The quantitative estimate of drug-likeness (QED) is 0.266. The molecule has 192 valence electrons. The highest BCUT2D eigenvalue weighted by Gasteiger charge is 2.34. The zero-order valence-corrected chi connectivity index (χ0v) is 21.7. The summed E-state index contributed by atoms with van der Waals surface area (Å²) in [7, 11) is 0. The zero-order chi connectivity index (χ0) is 26.2. The van der Waals surface area contributed by atoms with Gasteiger partial charge in [-0.05, 0) is 48.1 Å². The number of benzene rings is 3. The van der Waals surface area contributed by atoms with Crippen molar-refractivity contribution >= 4 is 16.6 Å². The summed E-state index contributed by atoms with van der Waals surface area (Å²) in [6.45, 7) is 1.39. The predicted octanol–water partition coefficient (Wildman–Crippen LogP) is 6.24. The van der Waals surface area contributed by atoms with Gasteiger partial charge in [-0.2, -0.15) is 0 Å². The molecule has 0 amide bonds.